The summed E-state index contributed by atoms with van der Waals surface area (Å²) in [6.07, 6.45) is 4.26. The summed E-state index contributed by atoms with van der Waals surface area (Å²) in [6.45, 7) is 2.46. The van der Waals surface area contributed by atoms with Gasteiger partial charge in [0.25, 0.3) is 0 Å². The Bertz CT molecular complexity index is 645. The lowest BCUT2D eigenvalue weighted by Crippen LogP contribution is -2.44. The normalized spacial score (nSPS) is 16.6. The molecule has 25 heavy (non-hydrogen) atoms. The van der Waals surface area contributed by atoms with Crippen LogP contribution in [0.2, 0.25) is 0 Å². The Morgan fingerprint density at radius 3 is 2.48 bits per heavy atom. The van der Waals surface area contributed by atoms with E-state index in [2.05, 4.69) is 64.1 Å². The van der Waals surface area contributed by atoms with Crippen LogP contribution in [0.5, 0.6) is 0 Å². The number of hydrogen-bond donors (Lipinski definition) is 2. The fourth-order valence-corrected chi connectivity index (χ4v) is 3.42. The first kappa shape index (κ1) is 17.3. The third kappa shape index (κ3) is 5.24. The molecular formula is C21H27N3O. The molecule has 0 saturated carbocycles. The fourth-order valence-electron chi connectivity index (χ4n) is 3.42. The Morgan fingerprint density at radius 2 is 1.72 bits per heavy atom. The molecule has 0 spiro atoms. The molecule has 3 rings (SSSR count). The lowest BCUT2D eigenvalue weighted by Gasteiger charge is -2.27. The van der Waals surface area contributed by atoms with Gasteiger partial charge in [-0.25, -0.2) is 4.79 Å². The summed E-state index contributed by atoms with van der Waals surface area (Å²) in [5.41, 5.74) is 2.56. The molecule has 4 nitrogen and oxygen atoms in total. The van der Waals surface area contributed by atoms with Crippen LogP contribution < -0.4 is 15.5 Å². The van der Waals surface area contributed by atoms with Crippen LogP contribution in [0.25, 0.3) is 0 Å². The van der Waals surface area contributed by atoms with Crippen molar-refractivity contribution in [3.05, 3.63) is 66.2 Å². The van der Waals surface area contributed by atoms with Crippen molar-refractivity contribution in [2.45, 2.75) is 31.7 Å². The van der Waals surface area contributed by atoms with Crippen molar-refractivity contribution in [2.24, 2.45) is 0 Å². The van der Waals surface area contributed by atoms with Crippen molar-refractivity contribution in [2.75, 3.05) is 24.5 Å². The van der Waals surface area contributed by atoms with E-state index in [0.29, 0.717) is 19.1 Å². The first-order valence-electron chi connectivity index (χ1n) is 9.20. The van der Waals surface area contributed by atoms with Crippen LogP contribution in [0.15, 0.2) is 60.7 Å². The van der Waals surface area contributed by atoms with Crippen LogP contribution in [-0.2, 0) is 6.42 Å². The Kier molecular flexibility index (Phi) is 6.32. The van der Waals surface area contributed by atoms with Crippen molar-refractivity contribution >= 4 is 11.7 Å². The smallest absolute Gasteiger partial charge is 0.314 e. The van der Waals surface area contributed by atoms with E-state index in [1.165, 1.54) is 17.7 Å². The maximum absolute atomic E-state index is 12.0. The number of rotatable bonds is 7. The van der Waals surface area contributed by atoms with Crippen LogP contribution in [0.4, 0.5) is 10.5 Å². The Hall–Kier alpha value is -2.49. The zero-order chi connectivity index (χ0) is 17.3. The molecule has 0 aliphatic carbocycles. The zero-order valence-corrected chi connectivity index (χ0v) is 14.7. The largest absolute Gasteiger partial charge is 0.367 e. The molecule has 4 heteroatoms. The van der Waals surface area contributed by atoms with Gasteiger partial charge in [0.2, 0.25) is 0 Å². The minimum absolute atomic E-state index is 0.0621. The number of nitrogens with zero attached hydrogens (tertiary/aromatic N) is 1. The lowest BCUT2D eigenvalue weighted by atomic mass is 10.1. The van der Waals surface area contributed by atoms with Gasteiger partial charge >= 0.3 is 6.03 Å². The number of carbonyl (C=O) groups excluding carboxylic acids is 1. The maximum atomic E-state index is 12.0. The third-order valence-corrected chi connectivity index (χ3v) is 4.73. The second kappa shape index (κ2) is 9.11. The van der Waals surface area contributed by atoms with Gasteiger partial charge in [0.1, 0.15) is 0 Å². The number of nitrogens with one attached hydrogen (secondary N) is 2. The van der Waals surface area contributed by atoms with E-state index in [-0.39, 0.29) is 6.03 Å². The summed E-state index contributed by atoms with van der Waals surface area (Å²) in [7, 11) is 0. The van der Waals surface area contributed by atoms with Gasteiger partial charge in [-0.1, -0.05) is 48.5 Å². The minimum Gasteiger partial charge on any atom is -0.367 e. The van der Waals surface area contributed by atoms with Gasteiger partial charge in [0, 0.05) is 31.4 Å². The van der Waals surface area contributed by atoms with E-state index in [1.807, 2.05) is 12.1 Å². The highest BCUT2D eigenvalue weighted by Crippen LogP contribution is 2.24. The molecule has 132 valence electrons. The van der Waals surface area contributed by atoms with E-state index >= 15 is 0 Å². The zero-order valence-electron chi connectivity index (χ0n) is 14.7. The van der Waals surface area contributed by atoms with Crippen LogP contribution in [0.3, 0.4) is 0 Å². The first-order chi connectivity index (χ1) is 12.3. The topological polar surface area (TPSA) is 44.4 Å². The second-order valence-electron chi connectivity index (χ2n) is 6.55. The molecule has 2 amide bonds. The summed E-state index contributed by atoms with van der Waals surface area (Å²) >= 11 is 0. The molecule has 0 bridgehead atoms. The van der Waals surface area contributed by atoms with Gasteiger partial charge in [0.05, 0.1) is 0 Å². The molecule has 1 heterocycles. The summed E-state index contributed by atoms with van der Waals surface area (Å²) in [5.74, 6) is 0. The second-order valence-corrected chi connectivity index (χ2v) is 6.55. The highest BCUT2D eigenvalue weighted by Gasteiger charge is 2.24. The van der Waals surface area contributed by atoms with Gasteiger partial charge in [0.15, 0.2) is 0 Å². The minimum atomic E-state index is -0.0621. The fraction of sp³-hybridized carbons (Fsp3) is 0.381. The average Bonchev–Trinajstić information content (AvgIpc) is 3.14. The summed E-state index contributed by atoms with van der Waals surface area (Å²) in [4.78, 5) is 14.4. The Balaban J connectivity index is 1.36. The van der Waals surface area contributed by atoms with Crippen molar-refractivity contribution in [1.29, 1.82) is 0 Å². The van der Waals surface area contributed by atoms with Crippen LogP contribution in [0, 0.1) is 0 Å². The quantitative estimate of drug-likeness (QED) is 0.759. The molecular weight excluding hydrogens is 310 g/mol. The highest BCUT2D eigenvalue weighted by molar-refractivity contribution is 5.73. The molecule has 0 radical (unpaired) electrons. The first-order valence-corrected chi connectivity index (χ1v) is 9.20. The number of hydrogen-bond acceptors (Lipinski definition) is 2. The average molecular weight is 337 g/mol. The number of urea groups is 1. The molecule has 1 atom stereocenters. The Labute approximate surface area is 150 Å². The SMILES string of the molecule is O=C(NCCCc1ccccc1)NCC1CCCN1c1ccccc1. The molecule has 0 aromatic heterocycles. The third-order valence-electron chi connectivity index (χ3n) is 4.73. The van der Waals surface area contributed by atoms with Gasteiger partial charge in [-0.3, -0.25) is 0 Å². The molecule has 1 fully saturated rings. The van der Waals surface area contributed by atoms with Gasteiger partial charge in [-0.05, 0) is 43.4 Å². The molecule has 2 aromatic rings. The van der Waals surface area contributed by atoms with Crippen molar-refractivity contribution < 1.29 is 4.79 Å². The number of anilines is 1. The number of para-hydroxylation sites is 1. The molecule has 1 aliphatic rings. The summed E-state index contributed by atoms with van der Waals surface area (Å²) in [5, 5.41) is 5.99. The number of carbonyl (C=O) groups is 1. The molecule has 1 aliphatic heterocycles. The van der Waals surface area contributed by atoms with Gasteiger partial charge in [-0.2, -0.15) is 0 Å². The Morgan fingerprint density at radius 1 is 1.00 bits per heavy atom. The molecule has 1 saturated heterocycles. The van der Waals surface area contributed by atoms with Crippen LogP contribution in [0.1, 0.15) is 24.8 Å². The monoisotopic (exact) mass is 337 g/mol. The molecule has 2 N–H and O–H groups in total. The van der Waals surface area contributed by atoms with Gasteiger partial charge in [-0.15, -0.1) is 0 Å². The van der Waals surface area contributed by atoms with E-state index in [0.717, 1.165) is 25.8 Å². The van der Waals surface area contributed by atoms with Crippen molar-refractivity contribution in [3.8, 4) is 0 Å². The molecule has 2 aromatic carbocycles. The summed E-state index contributed by atoms with van der Waals surface area (Å²) < 4.78 is 0. The number of aryl methyl sites for hydroxylation is 1. The predicted molar refractivity (Wildman–Crippen MR) is 103 cm³/mol. The molecule has 1 unspecified atom stereocenters. The highest BCUT2D eigenvalue weighted by atomic mass is 16.2. The van der Waals surface area contributed by atoms with Crippen molar-refractivity contribution in [3.63, 3.8) is 0 Å². The van der Waals surface area contributed by atoms with E-state index in [4.69, 9.17) is 0 Å². The van der Waals surface area contributed by atoms with Crippen molar-refractivity contribution in [1.82, 2.24) is 10.6 Å². The number of benzene rings is 2. The summed E-state index contributed by atoms with van der Waals surface area (Å²) in [6, 6.07) is 21.2. The van der Waals surface area contributed by atoms with Crippen LogP contribution in [-0.4, -0.2) is 31.7 Å². The maximum Gasteiger partial charge on any atom is 0.314 e. The number of amides is 2. The lowest BCUT2D eigenvalue weighted by molar-refractivity contribution is 0.240. The van der Waals surface area contributed by atoms with Crippen LogP contribution >= 0.6 is 0 Å². The van der Waals surface area contributed by atoms with Gasteiger partial charge < -0.3 is 15.5 Å². The standard InChI is InChI=1S/C21H27N3O/c25-21(22-15-7-11-18-9-3-1-4-10-18)23-17-20-14-8-16-24(20)19-12-5-2-6-13-19/h1-6,9-10,12-13,20H,7-8,11,14-17H2,(H2,22,23,25). The van der Waals surface area contributed by atoms with E-state index in [9.17, 15) is 4.79 Å². The van der Waals surface area contributed by atoms with E-state index in [1.54, 1.807) is 0 Å². The predicted octanol–water partition coefficient (Wildman–Crippen LogP) is 3.59. The van der Waals surface area contributed by atoms with E-state index < -0.39 is 0 Å².